The van der Waals surface area contributed by atoms with Gasteiger partial charge < -0.3 is 9.88 Å². The Morgan fingerprint density at radius 2 is 2.19 bits per heavy atom. The molecule has 1 atom stereocenters. The Morgan fingerprint density at radius 1 is 1.31 bits per heavy atom. The van der Waals surface area contributed by atoms with Gasteiger partial charge in [0, 0.05) is 31.4 Å². The molecule has 7 heteroatoms. The SMILES string of the molecule is CCc1cn2c(n1)CCC(C(=O)NCc1cc(=O)n3ccccc3n1)C2. The Bertz CT molecular complexity index is 1020. The lowest BCUT2D eigenvalue weighted by atomic mass is 9.98. The van der Waals surface area contributed by atoms with Gasteiger partial charge in [0.2, 0.25) is 5.91 Å². The number of aryl methyl sites for hydroxylation is 2. The summed E-state index contributed by atoms with van der Waals surface area (Å²) in [6, 6.07) is 6.86. The lowest BCUT2D eigenvalue weighted by Crippen LogP contribution is -2.36. The third-order valence-electron chi connectivity index (χ3n) is 4.84. The average Bonchev–Trinajstić information content (AvgIpc) is 3.08. The summed E-state index contributed by atoms with van der Waals surface area (Å²) >= 11 is 0. The topological polar surface area (TPSA) is 81.3 Å². The van der Waals surface area contributed by atoms with Crippen molar-refractivity contribution in [1.29, 1.82) is 0 Å². The van der Waals surface area contributed by atoms with Crippen LogP contribution in [0.4, 0.5) is 0 Å². The van der Waals surface area contributed by atoms with E-state index in [2.05, 4.69) is 26.8 Å². The van der Waals surface area contributed by atoms with Crippen LogP contribution in [-0.4, -0.2) is 24.8 Å². The number of nitrogens with one attached hydrogen (secondary N) is 1. The molecular formula is C19H21N5O2. The Morgan fingerprint density at radius 3 is 3.04 bits per heavy atom. The van der Waals surface area contributed by atoms with Gasteiger partial charge in [-0.15, -0.1) is 0 Å². The molecule has 7 nitrogen and oxygen atoms in total. The van der Waals surface area contributed by atoms with E-state index < -0.39 is 0 Å². The summed E-state index contributed by atoms with van der Waals surface area (Å²) in [5.41, 5.74) is 2.08. The molecule has 0 bridgehead atoms. The van der Waals surface area contributed by atoms with E-state index in [4.69, 9.17) is 0 Å². The molecule has 1 unspecified atom stereocenters. The summed E-state index contributed by atoms with van der Waals surface area (Å²) in [5.74, 6) is 0.982. The van der Waals surface area contributed by atoms with Crippen LogP contribution in [0.1, 0.15) is 30.6 Å². The molecule has 0 spiro atoms. The molecule has 4 heterocycles. The van der Waals surface area contributed by atoms with Gasteiger partial charge in [-0.25, -0.2) is 9.97 Å². The second kappa shape index (κ2) is 6.74. The van der Waals surface area contributed by atoms with Gasteiger partial charge >= 0.3 is 0 Å². The first-order valence-electron chi connectivity index (χ1n) is 8.94. The number of hydrogen-bond donors (Lipinski definition) is 1. The predicted octanol–water partition coefficient (Wildman–Crippen LogP) is 1.33. The van der Waals surface area contributed by atoms with Gasteiger partial charge in [-0.1, -0.05) is 13.0 Å². The third-order valence-corrected chi connectivity index (χ3v) is 4.84. The third kappa shape index (κ3) is 3.12. The van der Waals surface area contributed by atoms with Crippen molar-refractivity contribution in [3.8, 4) is 0 Å². The first kappa shape index (κ1) is 16.5. The maximum Gasteiger partial charge on any atom is 0.258 e. The van der Waals surface area contributed by atoms with Crippen molar-refractivity contribution in [3.05, 3.63) is 64.2 Å². The molecule has 0 saturated carbocycles. The second-order valence-electron chi connectivity index (χ2n) is 6.62. The summed E-state index contributed by atoms with van der Waals surface area (Å²) in [6.45, 7) is 2.99. The molecule has 0 aliphatic carbocycles. The number of carbonyl (C=O) groups is 1. The van der Waals surface area contributed by atoms with Gasteiger partial charge in [-0.3, -0.25) is 14.0 Å². The summed E-state index contributed by atoms with van der Waals surface area (Å²) in [7, 11) is 0. The fourth-order valence-electron chi connectivity index (χ4n) is 3.40. The highest BCUT2D eigenvalue weighted by molar-refractivity contribution is 5.78. The quantitative estimate of drug-likeness (QED) is 0.769. The Kier molecular flexibility index (Phi) is 4.28. The van der Waals surface area contributed by atoms with Crippen molar-refractivity contribution in [2.75, 3.05) is 0 Å². The van der Waals surface area contributed by atoms with E-state index in [1.807, 2.05) is 12.3 Å². The zero-order valence-electron chi connectivity index (χ0n) is 14.7. The van der Waals surface area contributed by atoms with Crippen molar-refractivity contribution in [1.82, 2.24) is 24.3 Å². The minimum Gasteiger partial charge on any atom is -0.350 e. The lowest BCUT2D eigenvalue weighted by molar-refractivity contribution is -0.126. The molecule has 3 aromatic rings. The van der Waals surface area contributed by atoms with E-state index >= 15 is 0 Å². The van der Waals surface area contributed by atoms with E-state index in [-0.39, 0.29) is 23.9 Å². The van der Waals surface area contributed by atoms with Crippen LogP contribution in [-0.2, 0) is 30.7 Å². The van der Waals surface area contributed by atoms with Gasteiger partial charge in [0.05, 0.1) is 23.9 Å². The number of fused-ring (bicyclic) bond motifs is 2. The average molecular weight is 351 g/mol. The maximum absolute atomic E-state index is 12.6. The van der Waals surface area contributed by atoms with E-state index in [1.165, 1.54) is 10.5 Å². The number of rotatable bonds is 4. The molecule has 3 aromatic heterocycles. The molecule has 1 aliphatic heterocycles. The van der Waals surface area contributed by atoms with Gasteiger partial charge in [-0.2, -0.15) is 0 Å². The smallest absolute Gasteiger partial charge is 0.258 e. The molecule has 26 heavy (non-hydrogen) atoms. The van der Waals surface area contributed by atoms with Gasteiger partial charge in [0.15, 0.2) is 0 Å². The van der Waals surface area contributed by atoms with Crippen molar-refractivity contribution in [3.63, 3.8) is 0 Å². The standard InChI is InChI=1S/C19H21N5O2/c1-2-14-12-23-11-13(6-7-16(23)21-14)19(26)20-10-15-9-18(25)24-8-4-3-5-17(24)22-15/h3-5,8-9,12-13H,2,6-7,10-11H2,1H3,(H,20,26). The number of imidazole rings is 1. The largest absolute Gasteiger partial charge is 0.350 e. The Balaban J connectivity index is 1.43. The van der Waals surface area contributed by atoms with Crippen LogP contribution >= 0.6 is 0 Å². The molecule has 4 rings (SSSR count). The van der Waals surface area contributed by atoms with Crippen LogP contribution in [0.25, 0.3) is 5.65 Å². The van der Waals surface area contributed by atoms with E-state index in [9.17, 15) is 9.59 Å². The van der Waals surface area contributed by atoms with Crippen LogP contribution in [0.5, 0.6) is 0 Å². The molecule has 134 valence electrons. The highest BCUT2D eigenvalue weighted by Crippen LogP contribution is 2.20. The zero-order valence-corrected chi connectivity index (χ0v) is 14.7. The van der Waals surface area contributed by atoms with Crippen molar-refractivity contribution < 1.29 is 4.79 Å². The van der Waals surface area contributed by atoms with E-state index in [0.29, 0.717) is 17.9 Å². The maximum atomic E-state index is 12.6. The molecule has 1 amide bonds. The summed E-state index contributed by atoms with van der Waals surface area (Å²) < 4.78 is 3.57. The van der Waals surface area contributed by atoms with Crippen LogP contribution in [0, 0.1) is 5.92 Å². The molecule has 0 saturated heterocycles. The minimum absolute atomic E-state index is 0.00235. The lowest BCUT2D eigenvalue weighted by Gasteiger charge is -2.22. The van der Waals surface area contributed by atoms with Crippen molar-refractivity contribution in [2.24, 2.45) is 5.92 Å². The van der Waals surface area contributed by atoms with E-state index in [1.54, 1.807) is 18.3 Å². The number of aromatic nitrogens is 4. The number of hydrogen-bond acceptors (Lipinski definition) is 4. The number of amides is 1. The monoisotopic (exact) mass is 351 g/mol. The fraction of sp³-hybridized carbons (Fsp3) is 0.368. The molecule has 1 aliphatic rings. The van der Waals surface area contributed by atoms with Gasteiger partial charge in [0.1, 0.15) is 11.5 Å². The van der Waals surface area contributed by atoms with Gasteiger partial charge in [-0.05, 0) is 25.0 Å². The first-order valence-corrected chi connectivity index (χ1v) is 8.94. The number of carbonyl (C=O) groups excluding carboxylic acids is 1. The zero-order chi connectivity index (χ0) is 18.1. The summed E-state index contributed by atoms with van der Waals surface area (Å²) in [4.78, 5) is 33.7. The number of pyridine rings is 1. The molecule has 0 aromatic carbocycles. The Hall–Kier alpha value is -2.96. The van der Waals surface area contributed by atoms with Crippen LogP contribution < -0.4 is 10.9 Å². The summed E-state index contributed by atoms with van der Waals surface area (Å²) in [6.07, 6.45) is 6.23. The highest BCUT2D eigenvalue weighted by Gasteiger charge is 2.25. The van der Waals surface area contributed by atoms with Crippen molar-refractivity contribution in [2.45, 2.75) is 39.3 Å². The van der Waals surface area contributed by atoms with Crippen LogP contribution in [0.2, 0.25) is 0 Å². The molecular weight excluding hydrogens is 330 g/mol. The predicted molar refractivity (Wildman–Crippen MR) is 96.7 cm³/mol. The van der Waals surface area contributed by atoms with Crippen LogP contribution in [0.15, 0.2) is 41.5 Å². The van der Waals surface area contributed by atoms with Gasteiger partial charge in [0.25, 0.3) is 5.56 Å². The normalized spacial score (nSPS) is 16.4. The summed E-state index contributed by atoms with van der Waals surface area (Å²) in [5, 5.41) is 2.93. The Labute approximate surface area is 150 Å². The molecule has 0 fully saturated rings. The fourth-order valence-corrected chi connectivity index (χ4v) is 3.40. The highest BCUT2D eigenvalue weighted by atomic mass is 16.2. The molecule has 0 radical (unpaired) electrons. The van der Waals surface area contributed by atoms with Crippen molar-refractivity contribution >= 4 is 11.6 Å². The first-order chi connectivity index (χ1) is 12.6. The number of nitrogens with zero attached hydrogens (tertiary/aromatic N) is 4. The van der Waals surface area contributed by atoms with Crippen LogP contribution in [0.3, 0.4) is 0 Å². The molecule has 1 N–H and O–H groups in total. The van der Waals surface area contributed by atoms with E-state index in [0.717, 1.165) is 30.8 Å². The minimum atomic E-state index is -0.146. The second-order valence-corrected chi connectivity index (χ2v) is 6.62.